The van der Waals surface area contributed by atoms with Crippen molar-refractivity contribution in [3.8, 4) is 0 Å². The summed E-state index contributed by atoms with van der Waals surface area (Å²) in [5.41, 5.74) is 9.52. The van der Waals surface area contributed by atoms with E-state index in [-0.39, 0.29) is 37.5 Å². The Morgan fingerprint density at radius 3 is 1.06 bits per heavy atom. The van der Waals surface area contributed by atoms with Crippen LogP contribution in [0.3, 0.4) is 0 Å². The minimum atomic E-state index is -0.838. The third-order valence-electron chi connectivity index (χ3n) is 0.241. The van der Waals surface area contributed by atoms with Crippen molar-refractivity contribution in [1.82, 2.24) is 0 Å². The maximum absolute atomic E-state index is 9.00. The molecule has 18 heavy (non-hydrogen) atoms. The molecule has 0 aliphatic heterocycles. The van der Waals surface area contributed by atoms with Crippen molar-refractivity contribution in [2.45, 2.75) is 27.0 Å². The van der Waals surface area contributed by atoms with Gasteiger partial charge in [-0.05, 0) is 0 Å². The summed E-state index contributed by atoms with van der Waals surface area (Å²) in [6.45, 7) is 3.39. The van der Waals surface area contributed by atoms with Gasteiger partial charge in [-0.15, -0.1) is 0 Å². The minimum absolute atomic E-state index is 0. The fourth-order valence-corrected chi connectivity index (χ4v) is 0. The van der Waals surface area contributed by atoms with E-state index < -0.39 is 24.1 Å². The van der Waals surface area contributed by atoms with Gasteiger partial charge >= 0.3 is 29.6 Å². The Hall–Kier alpha value is -0.710. The van der Waals surface area contributed by atoms with Crippen LogP contribution < -0.4 is 41.0 Å². The van der Waals surface area contributed by atoms with Crippen LogP contribution in [0.15, 0.2) is 0 Å². The fraction of sp³-hybridized carbons (Fsp3) is 0.625. The zero-order chi connectivity index (χ0) is 15.0. The minimum Gasteiger partial charge on any atom is -1.00 e. The largest absolute Gasteiger partial charge is 1.00 e. The molecule has 0 aromatic heterocycles. The number of aliphatic hydroxyl groups is 1. The van der Waals surface area contributed by atoms with Crippen molar-refractivity contribution >= 4 is 17.9 Å². The molecular formula is C8H21N2NaO7. The van der Waals surface area contributed by atoms with Gasteiger partial charge in [0.15, 0.2) is 0 Å². The van der Waals surface area contributed by atoms with E-state index >= 15 is 0 Å². The molecule has 0 saturated carbocycles. The first-order valence-electron chi connectivity index (χ1n) is 4.19. The molecule has 0 saturated heterocycles. The molecule has 0 rings (SSSR count). The zero-order valence-electron chi connectivity index (χ0n) is 12.0. The number of nitrogens with two attached hydrogens (primary N) is 2. The van der Waals surface area contributed by atoms with E-state index in [0.717, 1.165) is 20.8 Å². The van der Waals surface area contributed by atoms with E-state index in [4.69, 9.17) is 46.3 Å². The second-order valence-corrected chi connectivity index (χ2v) is 2.36. The molecule has 106 valence electrons. The molecule has 0 fully saturated rings. The maximum Gasteiger partial charge on any atom is 1.00 e. The normalized spacial score (nSPS) is 8.33. The Morgan fingerprint density at radius 1 is 1.00 bits per heavy atom. The summed E-state index contributed by atoms with van der Waals surface area (Å²) in [4.78, 5) is 27.0. The molecular weight excluding hydrogens is 259 g/mol. The Kier molecular flexibility index (Phi) is 42.5. The monoisotopic (exact) mass is 280 g/mol. The standard InChI is InChI=1S/C2H8N2O.3C2H4O2.Na.H/c3-1-2(4)5;3*1-2(3)4;;/h2,5H,1,3-4H2;3*1H3,(H,3,4);;/q;;;;+1;-1. The van der Waals surface area contributed by atoms with Gasteiger partial charge in [0.2, 0.25) is 0 Å². The Labute approximate surface area is 129 Å². The van der Waals surface area contributed by atoms with Gasteiger partial charge in [0.05, 0.1) is 0 Å². The molecule has 0 heterocycles. The van der Waals surface area contributed by atoms with Crippen LogP contribution in [-0.4, -0.2) is 51.1 Å². The number of aliphatic carboxylic acids is 3. The number of rotatable bonds is 1. The van der Waals surface area contributed by atoms with Gasteiger partial charge in [0, 0.05) is 27.3 Å². The third-order valence-corrected chi connectivity index (χ3v) is 0.241. The quantitative estimate of drug-likeness (QED) is 0.204. The maximum atomic E-state index is 9.00. The molecule has 10 heteroatoms. The van der Waals surface area contributed by atoms with Crippen LogP contribution >= 0.6 is 0 Å². The first-order chi connectivity index (χ1) is 7.47. The van der Waals surface area contributed by atoms with Crippen LogP contribution in [0.25, 0.3) is 0 Å². The molecule has 0 bridgehead atoms. The molecule has 0 aliphatic carbocycles. The molecule has 0 radical (unpaired) electrons. The number of aliphatic hydroxyl groups excluding tert-OH is 1. The van der Waals surface area contributed by atoms with Crippen molar-refractivity contribution < 1.29 is 65.8 Å². The zero-order valence-corrected chi connectivity index (χ0v) is 13.0. The van der Waals surface area contributed by atoms with Gasteiger partial charge in [-0.3, -0.25) is 14.4 Å². The second-order valence-electron chi connectivity index (χ2n) is 2.36. The van der Waals surface area contributed by atoms with Crippen LogP contribution in [0.2, 0.25) is 0 Å². The van der Waals surface area contributed by atoms with E-state index in [2.05, 4.69) is 0 Å². The van der Waals surface area contributed by atoms with E-state index in [1.165, 1.54) is 0 Å². The molecule has 1 unspecified atom stereocenters. The van der Waals surface area contributed by atoms with Crippen LogP contribution in [0.4, 0.5) is 0 Å². The van der Waals surface area contributed by atoms with Gasteiger partial charge in [-0.1, -0.05) is 0 Å². The number of hydrogen-bond acceptors (Lipinski definition) is 6. The molecule has 0 aromatic carbocycles. The Morgan fingerprint density at radius 2 is 1.06 bits per heavy atom. The van der Waals surface area contributed by atoms with E-state index in [1.807, 2.05) is 0 Å². The predicted molar refractivity (Wildman–Crippen MR) is 60.3 cm³/mol. The van der Waals surface area contributed by atoms with E-state index in [1.54, 1.807) is 0 Å². The molecule has 1 atom stereocenters. The van der Waals surface area contributed by atoms with E-state index in [0.29, 0.717) is 0 Å². The Balaban J connectivity index is -0.0000000288. The smallest absolute Gasteiger partial charge is 1.00 e. The van der Waals surface area contributed by atoms with Crippen LogP contribution in [0.5, 0.6) is 0 Å². The topological polar surface area (TPSA) is 184 Å². The van der Waals surface area contributed by atoms with Gasteiger partial charge in [-0.25, -0.2) is 0 Å². The van der Waals surface area contributed by atoms with E-state index in [9.17, 15) is 0 Å². The van der Waals surface area contributed by atoms with Crippen molar-refractivity contribution in [2.75, 3.05) is 6.54 Å². The summed E-state index contributed by atoms with van der Waals surface area (Å²) in [5.74, 6) is -2.50. The predicted octanol–water partition coefficient (Wildman–Crippen LogP) is -4.39. The van der Waals surface area contributed by atoms with Crippen LogP contribution in [-0.2, 0) is 14.4 Å². The van der Waals surface area contributed by atoms with Gasteiger partial charge in [0.25, 0.3) is 17.9 Å². The first-order valence-corrected chi connectivity index (χ1v) is 4.19. The number of carboxylic acids is 3. The summed E-state index contributed by atoms with van der Waals surface area (Å²) in [6, 6.07) is 0. The van der Waals surface area contributed by atoms with Gasteiger partial charge in [-0.2, -0.15) is 0 Å². The molecule has 0 spiro atoms. The molecule has 0 amide bonds. The number of hydrogen-bond donors (Lipinski definition) is 6. The van der Waals surface area contributed by atoms with Gasteiger partial charge in [0.1, 0.15) is 6.23 Å². The molecule has 0 aromatic rings. The van der Waals surface area contributed by atoms with Crippen molar-refractivity contribution in [2.24, 2.45) is 11.5 Å². The SMILES string of the molecule is CC(=O)O.CC(=O)O.CC(=O)O.NCC(N)O.[H-].[Na+]. The van der Waals surface area contributed by atoms with Crippen molar-refractivity contribution in [1.29, 1.82) is 0 Å². The average molecular weight is 280 g/mol. The van der Waals surface area contributed by atoms with Crippen LogP contribution in [0, 0.1) is 0 Å². The van der Waals surface area contributed by atoms with Gasteiger partial charge < -0.3 is 33.3 Å². The summed E-state index contributed by atoms with van der Waals surface area (Å²) < 4.78 is 0. The van der Waals surface area contributed by atoms with Crippen LogP contribution in [0.1, 0.15) is 22.2 Å². The molecule has 0 aliphatic rings. The third kappa shape index (κ3) is 1880. The van der Waals surface area contributed by atoms with Crippen molar-refractivity contribution in [3.63, 3.8) is 0 Å². The summed E-state index contributed by atoms with van der Waals surface area (Å²) in [5, 5.41) is 30.3. The summed E-state index contributed by atoms with van der Waals surface area (Å²) in [7, 11) is 0. The molecule has 8 N–H and O–H groups in total. The summed E-state index contributed by atoms with van der Waals surface area (Å²) in [6.07, 6.45) is -0.838. The van der Waals surface area contributed by atoms with Crippen molar-refractivity contribution in [3.05, 3.63) is 0 Å². The number of carboxylic acid groups (broad SMARTS) is 3. The summed E-state index contributed by atoms with van der Waals surface area (Å²) >= 11 is 0. The average Bonchev–Trinajstić information content (AvgIpc) is 2.00. The Bertz CT molecular complexity index is 177. The number of carbonyl (C=O) groups is 3. The first kappa shape index (κ1) is 30.4. The second kappa shape index (κ2) is 25.2. The molecule has 9 nitrogen and oxygen atoms in total. The fourth-order valence-electron chi connectivity index (χ4n) is 0.